The molecule has 0 fully saturated rings. The summed E-state index contributed by atoms with van der Waals surface area (Å²) in [5, 5.41) is 16.2. The average molecular weight is 197 g/mol. The third-order valence-corrected chi connectivity index (χ3v) is 1.41. The zero-order valence-electron chi connectivity index (χ0n) is 8.35. The first-order chi connectivity index (χ1) is 6.52. The predicted octanol–water partition coefficient (Wildman–Crippen LogP) is 0.846. The van der Waals surface area contributed by atoms with Crippen molar-refractivity contribution in [2.24, 2.45) is 0 Å². The summed E-state index contributed by atoms with van der Waals surface area (Å²) in [4.78, 5) is 0. The monoisotopic (exact) mass is 197 g/mol. The smallest absolute Gasteiger partial charge is 0.136 e. The molecule has 4 N–H and O–H groups in total. The number of rotatable bonds is 6. The Morgan fingerprint density at radius 1 is 1.50 bits per heavy atom. The molecular formula is C9H15N3O2. The Kier molecular flexibility index (Phi) is 5.09. The largest absolute Gasteiger partial charge is 0.506 e. The van der Waals surface area contributed by atoms with Crippen LogP contribution in [0, 0.1) is 5.41 Å². The molecular weight excluding hydrogens is 182 g/mol. The van der Waals surface area contributed by atoms with E-state index < -0.39 is 0 Å². The first kappa shape index (κ1) is 12.2. The van der Waals surface area contributed by atoms with Crippen LogP contribution < -0.4 is 10.9 Å². The first-order valence-corrected chi connectivity index (χ1v) is 3.87. The molecule has 0 bridgehead atoms. The minimum Gasteiger partial charge on any atom is -0.506 e. The van der Waals surface area contributed by atoms with Gasteiger partial charge in [0.15, 0.2) is 0 Å². The average Bonchev–Trinajstić information content (AvgIpc) is 2.15. The normalized spacial score (nSPS) is 10.6. The highest BCUT2D eigenvalue weighted by Crippen LogP contribution is 2.05. The van der Waals surface area contributed by atoms with Gasteiger partial charge >= 0.3 is 0 Å². The van der Waals surface area contributed by atoms with E-state index in [0.29, 0.717) is 11.5 Å². The molecule has 0 heterocycles. The van der Waals surface area contributed by atoms with Crippen LogP contribution in [-0.2, 0) is 4.74 Å². The van der Waals surface area contributed by atoms with Gasteiger partial charge in [0, 0.05) is 7.05 Å². The molecule has 0 aliphatic heterocycles. The first-order valence-electron chi connectivity index (χ1n) is 3.87. The second-order valence-corrected chi connectivity index (χ2v) is 2.42. The van der Waals surface area contributed by atoms with Crippen LogP contribution in [0.25, 0.3) is 0 Å². The second kappa shape index (κ2) is 5.82. The van der Waals surface area contributed by atoms with Gasteiger partial charge in [-0.1, -0.05) is 13.2 Å². The number of hydrogen-bond acceptors (Lipinski definition) is 5. The molecule has 0 aromatic carbocycles. The summed E-state index contributed by atoms with van der Waals surface area (Å²) in [6.07, 6.45) is 1.35. The fourth-order valence-electron chi connectivity index (χ4n) is 0.659. The Morgan fingerprint density at radius 3 is 2.43 bits per heavy atom. The number of aliphatic hydroxyl groups is 1. The molecule has 0 spiro atoms. The van der Waals surface area contributed by atoms with Gasteiger partial charge in [-0.15, -0.1) is 0 Å². The summed E-state index contributed by atoms with van der Waals surface area (Å²) in [6, 6.07) is 0. The standard InChI is InChI=1S/C9H15N3O2/c1-6(13)8(10)5-9(12-11-3)7(2)14-4/h5,10-13H,1-2H2,3-4H3/b9-5-,10-8?. The number of hydrazine groups is 1. The minimum absolute atomic E-state index is 0.110. The van der Waals surface area contributed by atoms with E-state index >= 15 is 0 Å². The zero-order valence-corrected chi connectivity index (χ0v) is 8.35. The van der Waals surface area contributed by atoms with E-state index in [1.54, 1.807) is 7.05 Å². The van der Waals surface area contributed by atoms with E-state index in [2.05, 4.69) is 24.0 Å². The maximum atomic E-state index is 8.91. The van der Waals surface area contributed by atoms with Crippen LogP contribution in [0.1, 0.15) is 0 Å². The third kappa shape index (κ3) is 3.77. The number of hydrogen-bond donors (Lipinski definition) is 4. The molecule has 5 nitrogen and oxygen atoms in total. The van der Waals surface area contributed by atoms with Crippen molar-refractivity contribution in [1.82, 2.24) is 10.9 Å². The van der Waals surface area contributed by atoms with E-state index in [1.807, 2.05) is 0 Å². The Hall–Kier alpha value is -1.75. The van der Waals surface area contributed by atoms with E-state index in [9.17, 15) is 0 Å². The number of allylic oxidation sites excluding steroid dienone is 1. The van der Waals surface area contributed by atoms with Gasteiger partial charge in [-0.3, -0.25) is 5.41 Å². The molecule has 0 aliphatic rings. The van der Waals surface area contributed by atoms with Crippen LogP contribution in [0.2, 0.25) is 0 Å². The molecule has 0 radical (unpaired) electrons. The number of nitrogens with one attached hydrogen (secondary N) is 3. The Balaban J connectivity index is 4.72. The Labute approximate surface area is 83.3 Å². The maximum Gasteiger partial charge on any atom is 0.136 e. The lowest BCUT2D eigenvalue weighted by atomic mass is 10.2. The van der Waals surface area contributed by atoms with Gasteiger partial charge in [-0.2, -0.15) is 0 Å². The molecule has 0 saturated carbocycles. The van der Waals surface area contributed by atoms with Crippen LogP contribution >= 0.6 is 0 Å². The van der Waals surface area contributed by atoms with Crippen LogP contribution in [0.15, 0.2) is 36.4 Å². The van der Waals surface area contributed by atoms with Gasteiger partial charge in [-0.05, 0) is 6.08 Å². The van der Waals surface area contributed by atoms with Crippen molar-refractivity contribution in [1.29, 1.82) is 5.41 Å². The lowest BCUT2D eigenvalue weighted by molar-refractivity contribution is 0.296. The highest BCUT2D eigenvalue weighted by Gasteiger charge is 2.04. The summed E-state index contributed by atoms with van der Waals surface area (Å²) in [5.74, 6) is 0.0367. The molecule has 0 rings (SSSR count). The van der Waals surface area contributed by atoms with Crippen LogP contribution in [0.4, 0.5) is 0 Å². The van der Waals surface area contributed by atoms with E-state index in [1.165, 1.54) is 13.2 Å². The Morgan fingerprint density at radius 2 is 2.07 bits per heavy atom. The molecule has 0 aliphatic carbocycles. The molecule has 0 aromatic heterocycles. The van der Waals surface area contributed by atoms with Gasteiger partial charge in [0.05, 0.1) is 18.5 Å². The highest BCUT2D eigenvalue weighted by atomic mass is 16.5. The lowest BCUT2D eigenvalue weighted by Gasteiger charge is -2.11. The van der Waals surface area contributed by atoms with Gasteiger partial charge in [0.2, 0.25) is 0 Å². The lowest BCUT2D eigenvalue weighted by Crippen LogP contribution is -2.28. The second-order valence-electron chi connectivity index (χ2n) is 2.42. The van der Waals surface area contributed by atoms with Crippen LogP contribution in [0.3, 0.4) is 0 Å². The Bertz CT molecular complexity index is 282. The topological polar surface area (TPSA) is 77.4 Å². The van der Waals surface area contributed by atoms with Crippen molar-refractivity contribution in [3.63, 3.8) is 0 Å². The fourth-order valence-corrected chi connectivity index (χ4v) is 0.659. The van der Waals surface area contributed by atoms with E-state index in [0.717, 1.165) is 0 Å². The van der Waals surface area contributed by atoms with Crippen molar-refractivity contribution in [2.45, 2.75) is 0 Å². The molecule has 0 amide bonds. The van der Waals surface area contributed by atoms with Crippen LogP contribution in [0.5, 0.6) is 0 Å². The number of methoxy groups -OCH3 is 1. The van der Waals surface area contributed by atoms with Crippen molar-refractivity contribution in [2.75, 3.05) is 14.2 Å². The summed E-state index contributed by atoms with van der Waals surface area (Å²) in [7, 11) is 3.12. The molecule has 14 heavy (non-hydrogen) atoms. The third-order valence-electron chi connectivity index (χ3n) is 1.41. The molecule has 78 valence electrons. The molecule has 0 saturated heterocycles. The van der Waals surface area contributed by atoms with Crippen molar-refractivity contribution >= 4 is 5.71 Å². The van der Waals surface area contributed by atoms with Crippen molar-refractivity contribution < 1.29 is 9.84 Å². The van der Waals surface area contributed by atoms with Gasteiger partial charge in [-0.25, -0.2) is 5.43 Å². The molecule has 0 aromatic rings. The fraction of sp³-hybridized carbons (Fsp3) is 0.222. The van der Waals surface area contributed by atoms with E-state index in [4.69, 9.17) is 15.3 Å². The summed E-state index contributed by atoms with van der Waals surface area (Å²) in [6.45, 7) is 6.82. The van der Waals surface area contributed by atoms with Crippen LogP contribution in [-0.4, -0.2) is 25.0 Å². The quantitative estimate of drug-likeness (QED) is 0.220. The van der Waals surface area contributed by atoms with Crippen molar-refractivity contribution in [3.05, 3.63) is 36.4 Å². The summed E-state index contributed by atoms with van der Waals surface area (Å²) in [5.41, 5.74) is 5.72. The van der Waals surface area contributed by atoms with Gasteiger partial charge in [0.25, 0.3) is 0 Å². The number of aliphatic hydroxyl groups excluding tert-OH is 1. The zero-order chi connectivity index (χ0) is 11.1. The van der Waals surface area contributed by atoms with Gasteiger partial charge < -0.3 is 15.3 Å². The van der Waals surface area contributed by atoms with E-state index in [-0.39, 0.29) is 11.5 Å². The predicted molar refractivity (Wildman–Crippen MR) is 55.9 cm³/mol. The van der Waals surface area contributed by atoms with Gasteiger partial charge in [0.1, 0.15) is 11.5 Å². The summed E-state index contributed by atoms with van der Waals surface area (Å²) >= 11 is 0. The molecule has 5 heteroatoms. The molecule has 0 unspecified atom stereocenters. The summed E-state index contributed by atoms with van der Waals surface area (Å²) < 4.78 is 4.87. The highest BCUT2D eigenvalue weighted by molar-refractivity contribution is 6.04. The SMILES string of the molecule is C=C(O)C(=N)/C=C(\NNC)C(=C)OC. The maximum absolute atomic E-state index is 8.91. The number of ether oxygens (including phenoxy) is 1. The molecule has 0 atom stereocenters. The van der Waals surface area contributed by atoms with Crippen molar-refractivity contribution in [3.8, 4) is 0 Å². The minimum atomic E-state index is -0.315.